The lowest BCUT2D eigenvalue weighted by Gasteiger charge is -2.18. The minimum absolute atomic E-state index is 0.375. The maximum absolute atomic E-state index is 6.14. The Hall–Kier alpha value is -2.67. The first-order valence-electron chi connectivity index (χ1n) is 9.91. The number of nitrogens with zero attached hydrogens (tertiary/aromatic N) is 3. The summed E-state index contributed by atoms with van der Waals surface area (Å²) in [5.74, 6) is 0.871. The summed E-state index contributed by atoms with van der Waals surface area (Å²) in [5, 5.41) is 6.26. The molecular formula is C23H24ClN5S. The molecule has 0 bridgehead atoms. The first-order chi connectivity index (χ1) is 14.7. The van der Waals surface area contributed by atoms with Gasteiger partial charge in [0.15, 0.2) is 11.3 Å². The second-order valence-corrected chi connectivity index (χ2v) is 8.54. The molecule has 0 aliphatic carbocycles. The van der Waals surface area contributed by atoms with Crippen LogP contribution in [0.25, 0.3) is 27.9 Å². The molecule has 1 aliphatic heterocycles. The van der Waals surface area contributed by atoms with E-state index in [0.29, 0.717) is 17.2 Å². The Morgan fingerprint density at radius 3 is 2.87 bits per heavy atom. The number of nitrogens with one attached hydrogen (secondary N) is 1. The summed E-state index contributed by atoms with van der Waals surface area (Å²) >= 11 is 7.65. The van der Waals surface area contributed by atoms with E-state index in [2.05, 4.69) is 39.4 Å². The highest BCUT2D eigenvalue weighted by Crippen LogP contribution is 2.32. The van der Waals surface area contributed by atoms with E-state index in [1.54, 1.807) is 23.7 Å². The fourth-order valence-corrected chi connectivity index (χ4v) is 4.58. The van der Waals surface area contributed by atoms with Gasteiger partial charge < -0.3 is 11.1 Å². The van der Waals surface area contributed by atoms with E-state index in [0.717, 1.165) is 39.8 Å². The Morgan fingerprint density at radius 2 is 2.13 bits per heavy atom. The maximum atomic E-state index is 6.14. The van der Waals surface area contributed by atoms with Gasteiger partial charge in [0.25, 0.3) is 0 Å². The Labute approximate surface area is 185 Å². The van der Waals surface area contributed by atoms with Crippen LogP contribution in [-0.2, 0) is 0 Å². The molecule has 1 aliphatic rings. The van der Waals surface area contributed by atoms with Crippen LogP contribution in [0.2, 0.25) is 5.02 Å². The van der Waals surface area contributed by atoms with E-state index in [4.69, 9.17) is 17.3 Å². The molecule has 154 valence electrons. The average Bonchev–Trinajstić information content (AvgIpc) is 3.26. The fourth-order valence-electron chi connectivity index (χ4n) is 3.53. The van der Waals surface area contributed by atoms with Crippen molar-refractivity contribution in [1.29, 1.82) is 0 Å². The number of anilines is 1. The molecule has 0 saturated carbocycles. The van der Waals surface area contributed by atoms with Crippen LogP contribution in [0.1, 0.15) is 12.8 Å². The number of rotatable bonds is 5. The van der Waals surface area contributed by atoms with Crippen LogP contribution in [0, 0.1) is 5.92 Å². The monoisotopic (exact) mass is 437 g/mol. The molecule has 1 fully saturated rings. The molecule has 3 N–H and O–H groups in total. The predicted octanol–water partition coefficient (Wildman–Crippen LogP) is 5.03. The van der Waals surface area contributed by atoms with Crippen molar-refractivity contribution in [2.45, 2.75) is 12.8 Å². The van der Waals surface area contributed by atoms with Crippen LogP contribution in [-0.4, -0.2) is 22.6 Å². The Bertz CT molecular complexity index is 1120. The summed E-state index contributed by atoms with van der Waals surface area (Å²) in [7, 11) is 0. The zero-order chi connectivity index (χ0) is 20.9. The van der Waals surface area contributed by atoms with Gasteiger partial charge in [0.05, 0.1) is 16.8 Å². The lowest BCUT2D eigenvalue weighted by molar-refractivity contribution is 0.438. The SMILES string of the molecule is C=Cn1c(-c2cc(-c3ccc(Cl)cc3)cs2)cnc(N)c1=NC=CC1CCCNC1. The van der Waals surface area contributed by atoms with Gasteiger partial charge in [-0.05, 0) is 60.0 Å². The predicted molar refractivity (Wildman–Crippen MR) is 127 cm³/mol. The molecule has 30 heavy (non-hydrogen) atoms. The second-order valence-electron chi connectivity index (χ2n) is 7.19. The third-order valence-electron chi connectivity index (χ3n) is 5.14. The molecule has 1 unspecified atom stereocenters. The number of halogens is 1. The summed E-state index contributed by atoms with van der Waals surface area (Å²) in [6, 6.07) is 9.96. The summed E-state index contributed by atoms with van der Waals surface area (Å²) in [6.45, 7) is 6.05. The summed E-state index contributed by atoms with van der Waals surface area (Å²) < 4.78 is 1.89. The number of piperidine rings is 1. The zero-order valence-electron chi connectivity index (χ0n) is 16.6. The Kier molecular flexibility index (Phi) is 6.47. The van der Waals surface area contributed by atoms with Gasteiger partial charge in [0.1, 0.15) is 0 Å². The van der Waals surface area contributed by atoms with Crippen LogP contribution < -0.4 is 16.5 Å². The molecule has 7 heteroatoms. The number of thiophene rings is 1. The molecule has 1 aromatic carbocycles. The van der Waals surface area contributed by atoms with Crippen LogP contribution in [0.15, 0.2) is 65.8 Å². The van der Waals surface area contributed by atoms with Crippen LogP contribution in [0.4, 0.5) is 5.82 Å². The second kappa shape index (κ2) is 9.43. The van der Waals surface area contributed by atoms with Gasteiger partial charge in [-0.25, -0.2) is 9.98 Å². The first kappa shape index (κ1) is 20.6. The van der Waals surface area contributed by atoms with E-state index in [9.17, 15) is 0 Å². The smallest absolute Gasteiger partial charge is 0.180 e. The quantitative estimate of drug-likeness (QED) is 0.588. The van der Waals surface area contributed by atoms with Crippen LogP contribution in [0.3, 0.4) is 0 Å². The average molecular weight is 438 g/mol. The molecule has 1 atom stereocenters. The van der Waals surface area contributed by atoms with Gasteiger partial charge in [-0.15, -0.1) is 11.3 Å². The Morgan fingerprint density at radius 1 is 1.30 bits per heavy atom. The van der Waals surface area contributed by atoms with Crippen molar-refractivity contribution in [2.24, 2.45) is 10.9 Å². The van der Waals surface area contributed by atoms with Crippen molar-refractivity contribution < 1.29 is 0 Å². The molecule has 3 heterocycles. The number of hydrogen-bond donors (Lipinski definition) is 2. The highest BCUT2D eigenvalue weighted by Gasteiger charge is 2.11. The molecule has 1 saturated heterocycles. The molecule has 4 rings (SSSR count). The van der Waals surface area contributed by atoms with Gasteiger partial charge in [0.2, 0.25) is 0 Å². The first-order valence-corrected chi connectivity index (χ1v) is 11.2. The summed E-state index contributed by atoms with van der Waals surface area (Å²) in [6.07, 6.45) is 9.83. The van der Waals surface area contributed by atoms with E-state index < -0.39 is 0 Å². The normalized spacial score (nSPS) is 17.5. The molecule has 0 amide bonds. The van der Waals surface area contributed by atoms with Crippen molar-refractivity contribution in [3.05, 3.63) is 71.3 Å². The van der Waals surface area contributed by atoms with Gasteiger partial charge in [0, 0.05) is 24.0 Å². The van der Waals surface area contributed by atoms with Crippen molar-refractivity contribution in [3.8, 4) is 21.7 Å². The molecular weight excluding hydrogens is 414 g/mol. The minimum Gasteiger partial charge on any atom is -0.381 e. The number of nitrogens with two attached hydrogens (primary N) is 1. The molecule has 0 radical (unpaired) electrons. The van der Waals surface area contributed by atoms with Gasteiger partial charge in [-0.3, -0.25) is 4.57 Å². The van der Waals surface area contributed by atoms with Gasteiger partial charge in [-0.2, -0.15) is 0 Å². The van der Waals surface area contributed by atoms with Crippen molar-refractivity contribution in [2.75, 3.05) is 18.8 Å². The highest BCUT2D eigenvalue weighted by atomic mass is 35.5. The topological polar surface area (TPSA) is 68.2 Å². The number of benzene rings is 1. The number of hydrogen-bond acceptors (Lipinski definition) is 5. The van der Waals surface area contributed by atoms with E-state index in [1.165, 1.54) is 12.8 Å². The molecule has 5 nitrogen and oxygen atoms in total. The van der Waals surface area contributed by atoms with E-state index in [-0.39, 0.29) is 0 Å². The van der Waals surface area contributed by atoms with E-state index >= 15 is 0 Å². The van der Waals surface area contributed by atoms with Crippen molar-refractivity contribution >= 4 is 35.0 Å². The molecule has 0 spiro atoms. The number of nitrogen functional groups attached to an aromatic ring is 1. The van der Waals surface area contributed by atoms with Crippen molar-refractivity contribution in [1.82, 2.24) is 14.9 Å². The van der Waals surface area contributed by atoms with Gasteiger partial charge >= 0.3 is 0 Å². The largest absolute Gasteiger partial charge is 0.381 e. The zero-order valence-corrected chi connectivity index (χ0v) is 18.2. The van der Waals surface area contributed by atoms with Crippen LogP contribution in [0.5, 0.6) is 0 Å². The molecule has 3 aromatic rings. The maximum Gasteiger partial charge on any atom is 0.180 e. The standard InChI is InChI=1S/C23H24ClN5S/c1-2-29-20(21-12-18(15-30-21)17-5-7-19(24)8-6-17)14-28-22(25)23(29)27-11-9-16-4-3-10-26-13-16/h2,5-9,11-12,14-16,26H,1,3-4,10,13H2,(H2,25,28). The highest BCUT2D eigenvalue weighted by molar-refractivity contribution is 7.14. The van der Waals surface area contributed by atoms with Gasteiger partial charge in [-0.1, -0.05) is 36.4 Å². The lowest BCUT2D eigenvalue weighted by Crippen LogP contribution is -2.28. The van der Waals surface area contributed by atoms with Crippen molar-refractivity contribution in [3.63, 3.8) is 0 Å². The Balaban J connectivity index is 1.68. The lowest BCUT2D eigenvalue weighted by atomic mass is 10.00. The van der Waals surface area contributed by atoms with Crippen LogP contribution >= 0.6 is 22.9 Å². The third-order valence-corrected chi connectivity index (χ3v) is 6.35. The third kappa shape index (κ3) is 4.56. The summed E-state index contributed by atoms with van der Waals surface area (Å²) in [4.78, 5) is 10.1. The minimum atomic E-state index is 0.375. The van der Waals surface area contributed by atoms with E-state index in [1.807, 2.05) is 35.0 Å². The summed E-state index contributed by atoms with van der Waals surface area (Å²) in [5.41, 5.74) is 9.87. The fraction of sp³-hybridized carbons (Fsp3) is 0.217. The number of aromatic nitrogens is 2. The molecule has 2 aromatic heterocycles.